The molecule has 0 aliphatic carbocycles. The number of halogens is 2. The van der Waals surface area contributed by atoms with Gasteiger partial charge in [0.2, 0.25) is 5.91 Å². The Labute approximate surface area is 141 Å². The van der Waals surface area contributed by atoms with Crippen LogP contribution in [0.25, 0.3) is 0 Å². The number of anilines is 1. The van der Waals surface area contributed by atoms with Crippen LogP contribution in [-0.2, 0) is 11.2 Å². The zero-order valence-corrected chi connectivity index (χ0v) is 14.2. The van der Waals surface area contributed by atoms with E-state index in [0.29, 0.717) is 21.3 Å². The van der Waals surface area contributed by atoms with Crippen LogP contribution in [0.1, 0.15) is 22.8 Å². The first-order chi connectivity index (χ1) is 10.9. The van der Waals surface area contributed by atoms with E-state index in [0.717, 1.165) is 0 Å². The number of ketones is 1. The largest absolute Gasteiger partial charge is 0.496 e. The highest BCUT2D eigenvalue weighted by atomic mass is 79.9. The van der Waals surface area contributed by atoms with Crippen molar-refractivity contribution in [3.8, 4) is 5.75 Å². The van der Waals surface area contributed by atoms with Crippen LogP contribution in [0, 0.1) is 5.82 Å². The van der Waals surface area contributed by atoms with Crippen molar-refractivity contribution in [3.63, 3.8) is 0 Å². The summed E-state index contributed by atoms with van der Waals surface area (Å²) in [5.41, 5.74) is 1.15. The fraction of sp³-hybridized carbons (Fsp3) is 0.176. The first kappa shape index (κ1) is 17.1. The van der Waals surface area contributed by atoms with E-state index in [4.69, 9.17) is 4.74 Å². The van der Waals surface area contributed by atoms with E-state index in [1.54, 1.807) is 24.3 Å². The van der Waals surface area contributed by atoms with Gasteiger partial charge in [0.15, 0.2) is 5.78 Å². The minimum Gasteiger partial charge on any atom is -0.496 e. The molecule has 1 N–H and O–H groups in total. The summed E-state index contributed by atoms with van der Waals surface area (Å²) in [4.78, 5) is 23.6. The number of rotatable bonds is 5. The number of hydrogen-bond donors (Lipinski definition) is 1. The molecule has 0 aliphatic rings. The van der Waals surface area contributed by atoms with Gasteiger partial charge in [-0.05, 0) is 43.3 Å². The Kier molecular flexibility index (Phi) is 5.50. The Hall–Kier alpha value is -2.21. The molecule has 0 atom stereocenters. The van der Waals surface area contributed by atoms with Gasteiger partial charge in [-0.1, -0.05) is 15.9 Å². The molecule has 0 spiro atoms. The SMILES string of the molecule is COc1ccc(C(C)=O)cc1CC(=O)Nc1ccc(Br)cc1F. The van der Waals surface area contributed by atoms with Crippen LogP contribution >= 0.6 is 15.9 Å². The van der Waals surface area contributed by atoms with Crippen molar-refractivity contribution in [2.45, 2.75) is 13.3 Å². The average Bonchev–Trinajstić information content (AvgIpc) is 2.50. The Morgan fingerprint density at radius 3 is 2.57 bits per heavy atom. The first-order valence-electron chi connectivity index (χ1n) is 6.83. The smallest absolute Gasteiger partial charge is 0.229 e. The van der Waals surface area contributed by atoms with E-state index in [2.05, 4.69) is 21.2 Å². The molecule has 2 aromatic carbocycles. The minimum absolute atomic E-state index is 0.0280. The number of carbonyl (C=O) groups is 2. The van der Waals surface area contributed by atoms with Gasteiger partial charge in [-0.25, -0.2) is 4.39 Å². The van der Waals surface area contributed by atoms with Gasteiger partial charge in [0.05, 0.1) is 19.2 Å². The first-order valence-corrected chi connectivity index (χ1v) is 7.62. The molecule has 0 bridgehead atoms. The molecule has 0 radical (unpaired) electrons. The van der Waals surface area contributed by atoms with Crippen molar-refractivity contribution < 1.29 is 18.7 Å². The molecule has 0 saturated carbocycles. The van der Waals surface area contributed by atoms with E-state index in [1.165, 1.54) is 26.2 Å². The molecular weight excluding hydrogens is 365 g/mol. The lowest BCUT2D eigenvalue weighted by Crippen LogP contribution is -2.16. The second-order valence-electron chi connectivity index (χ2n) is 4.93. The standard InChI is InChI=1S/C17H15BrFNO3/c1-10(21)11-3-6-16(23-2)12(7-11)8-17(22)20-15-5-4-13(18)9-14(15)19/h3-7,9H,8H2,1-2H3,(H,20,22). The number of methoxy groups -OCH3 is 1. The van der Waals surface area contributed by atoms with Crippen LogP contribution < -0.4 is 10.1 Å². The van der Waals surface area contributed by atoms with Crippen molar-refractivity contribution in [3.05, 3.63) is 57.8 Å². The lowest BCUT2D eigenvalue weighted by atomic mass is 10.0. The maximum atomic E-state index is 13.8. The number of benzene rings is 2. The second-order valence-corrected chi connectivity index (χ2v) is 5.85. The van der Waals surface area contributed by atoms with Crippen LogP contribution in [0.5, 0.6) is 5.75 Å². The highest BCUT2D eigenvalue weighted by Crippen LogP contribution is 2.23. The summed E-state index contributed by atoms with van der Waals surface area (Å²) in [5, 5.41) is 2.51. The highest BCUT2D eigenvalue weighted by molar-refractivity contribution is 9.10. The summed E-state index contributed by atoms with van der Waals surface area (Å²) < 4.78 is 19.5. The van der Waals surface area contributed by atoms with Crippen LogP contribution in [0.3, 0.4) is 0 Å². The van der Waals surface area contributed by atoms with E-state index >= 15 is 0 Å². The number of amides is 1. The normalized spacial score (nSPS) is 10.3. The predicted octanol–water partition coefficient (Wildman–Crippen LogP) is 3.98. The van der Waals surface area contributed by atoms with Gasteiger partial charge < -0.3 is 10.1 Å². The van der Waals surface area contributed by atoms with Crippen molar-refractivity contribution in [1.29, 1.82) is 0 Å². The molecule has 0 heterocycles. The lowest BCUT2D eigenvalue weighted by molar-refractivity contribution is -0.115. The molecule has 6 heteroatoms. The fourth-order valence-electron chi connectivity index (χ4n) is 2.09. The monoisotopic (exact) mass is 379 g/mol. The highest BCUT2D eigenvalue weighted by Gasteiger charge is 2.13. The molecule has 4 nitrogen and oxygen atoms in total. The molecule has 0 saturated heterocycles. The predicted molar refractivity (Wildman–Crippen MR) is 89.4 cm³/mol. The van der Waals surface area contributed by atoms with Gasteiger partial charge in [0, 0.05) is 15.6 Å². The van der Waals surface area contributed by atoms with Crippen molar-refractivity contribution in [2.75, 3.05) is 12.4 Å². The molecular formula is C17H15BrFNO3. The van der Waals surface area contributed by atoms with E-state index in [-0.39, 0.29) is 17.9 Å². The van der Waals surface area contributed by atoms with Gasteiger partial charge >= 0.3 is 0 Å². The third kappa shape index (κ3) is 4.39. The summed E-state index contributed by atoms with van der Waals surface area (Å²) in [7, 11) is 1.48. The molecule has 23 heavy (non-hydrogen) atoms. The summed E-state index contributed by atoms with van der Waals surface area (Å²) >= 11 is 3.16. The third-order valence-corrected chi connectivity index (χ3v) is 3.74. The van der Waals surface area contributed by atoms with Crippen molar-refractivity contribution >= 4 is 33.3 Å². The fourth-order valence-corrected chi connectivity index (χ4v) is 2.43. The molecule has 120 valence electrons. The van der Waals surface area contributed by atoms with Gasteiger partial charge in [-0.15, -0.1) is 0 Å². The van der Waals surface area contributed by atoms with Gasteiger partial charge in [0.1, 0.15) is 11.6 Å². The summed E-state index contributed by atoms with van der Waals surface area (Å²) in [6.45, 7) is 1.45. The Morgan fingerprint density at radius 1 is 1.22 bits per heavy atom. The van der Waals surface area contributed by atoms with Crippen LogP contribution in [0.2, 0.25) is 0 Å². The number of ether oxygens (including phenoxy) is 1. The van der Waals surface area contributed by atoms with Crippen molar-refractivity contribution in [1.82, 2.24) is 0 Å². The summed E-state index contributed by atoms with van der Waals surface area (Å²) in [6, 6.07) is 9.26. The van der Waals surface area contributed by atoms with Crippen molar-refractivity contribution in [2.24, 2.45) is 0 Å². The third-order valence-electron chi connectivity index (χ3n) is 3.24. The van der Waals surface area contributed by atoms with Crippen LogP contribution in [-0.4, -0.2) is 18.8 Å². The topological polar surface area (TPSA) is 55.4 Å². The second kappa shape index (κ2) is 7.37. The number of Topliss-reactive ketones (excluding diaryl/α,β-unsaturated/α-hetero) is 1. The maximum absolute atomic E-state index is 13.8. The Bertz CT molecular complexity index is 761. The number of hydrogen-bond acceptors (Lipinski definition) is 3. The summed E-state index contributed by atoms with van der Waals surface area (Å²) in [6.07, 6.45) is -0.0280. The Balaban J connectivity index is 2.19. The number of carbonyl (C=O) groups excluding carboxylic acids is 2. The van der Waals surface area contributed by atoms with Crippen LogP contribution in [0.15, 0.2) is 40.9 Å². The zero-order chi connectivity index (χ0) is 17.0. The minimum atomic E-state index is -0.530. The average molecular weight is 380 g/mol. The van der Waals surface area contributed by atoms with Gasteiger partial charge in [-0.2, -0.15) is 0 Å². The molecule has 0 fully saturated rings. The maximum Gasteiger partial charge on any atom is 0.229 e. The zero-order valence-electron chi connectivity index (χ0n) is 12.7. The van der Waals surface area contributed by atoms with Crippen LogP contribution in [0.4, 0.5) is 10.1 Å². The molecule has 1 amide bonds. The Morgan fingerprint density at radius 2 is 1.96 bits per heavy atom. The van der Waals surface area contributed by atoms with Gasteiger partial charge in [0.25, 0.3) is 0 Å². The van der Waals surface area contributed by atoms with E-state index in [9.17, 15) is 14.0 Å². The number of nitrogens with one attached hydrogen (secondary N) is 1. The lowest BCUT2D eigenvalue weighted by Gasteiger charge is -2.11. The molecule has 2 aromatic rings. The molecule has 0 aliphatic heterocycles. The van der Waals surface area contributed by atoms with Gasteiger partial charge in [-0.3, -0.25) is 9.59 Å². The summed E-state index contributed by atoms with van der Waals surface area (Å²) in [5.74, 6) is -0.530. The van der Waals surface area contributed by atoms with E-state index < -0.39 is 11.7 Å². The van der Waals surface area contributed by atoms with E-state index in [1.807, 2.05) is 0 Å². The quantitative estimate of drug-likeness (QED) is 0.799. The molecule has 0 aromatic heterocycles. The molecule has 2 rings (SSSR count). The molecule has 0 unspecified atom stereocenters.